The number of benzene rings is 2. The number of nitrogens with one attached hydrogen (secondary N) is 1. The third-order valence-corrected chi connectivity index (χ3v) is 6.14. The highest BCUT2D eigenvalue weighted by molar-refractivity contribution is 7.99. The Morgan fingerprint density at radius 1 is 1.11 bits per heavy atom. The molecule has 0 bridgehead atoms. The number of methoxy groups -OCH3 is 2. The topological polar surface area (TPSA) is 93.0 Å². The number of pyridine rings is 1. The molecular weight excluding hydrogens is 469 g/mol. The minimum atomic E-state index is -0.642. The molecule has 1 aliphatic rings. The number of aliphatic hydroxyl groups excluding tert-OH is 1. The lowest BCUT2D eigenvalue weighted by Gasteiger charge is -2.13. The molecule has 35 heavy (non-hydrogen) atoms. The number of nitrogens with zero attached hydrogens (tertiary/aromatic N) is 2. The van der Waals surface area contributed by atoms with Crippen molar-refractivity contribution in [3.63, 3.8) is 0 Å². The molecule has 0 fully saturated rings. The van der Waals surface area contributed by atoms with Crippen molar-refractivity contribution >= 4 is 35.2 Å². The molecule has 0 aliphatic carbocycles. The number of rotatable bonds is 9. The first-order valence-corrected chi connectivity index (χ1v) is 11.8. The number of amides is 1. The predicted molar refractivity (Wildman–Crippen MR) is 134 cm³/mol. The summed E-state index contributed by atoms with van der Waals surface area (Å²) in [6.45, 7) is 0.386. The zero-order valence-corrected chi connectivity index (χ0v) is 20.1. The van der Waals surface area contributed by atoms with E-state index in [0.717, 1.165) is 11.1 Å². The van der Waals surface area contributed by atoms with Crippen molar-refractivity contribution in [3.8, 4) is 11.5 Å². The maximum Gasteiger partial charge on any atom is 0.226 e. The molecule has 180 valence electrons. The van der Waals surface area contributed by atoms with Crippen molar-refractivity contribution < 1.29 is 23.8 Å². The summed E-state index contributed by atoms with van der Waals surface area (Å²) in [5, 5.41) is 12.2. The molecule has 0 atom stereocenters. The molecule has 3 aromatic rings. The fraction of sp³-hybridized carbons (Fsp3) is 0.192. The number of aliphatic hydroxyl groups is 1. The SMILES string of the molecule is COc1cc(/C=C2/N=C(CC(=O)NCc3ccccc3)c3nc(F)ccc32)cc(OC)c1SCO. The first kappa shape index (κ1) is 24.4. The number of halogens is 1. The molecule has 0 spiro atoms. The average molecular weight is 494 g/mol. The van der Waals surface area contributed by atoms with Crippen LogP contribution in [0, 0.1) is 5.95 Å². The van der Waals surface area contributed by atoms with Crippen molar-refractivity contribution in [1.82, 2.24) is 10.3 Å². The van der Waals surface area contributed by atoms with Crippen molar-refractivity contribution in [2.24, 2.45) is 4.99 Å². The summed E-state index contributed by atoms with van der Waals surface area (Å²) in [5.41, 5.74) is 3.61. The molecule has 0 unspecified atom stereocenters. The van der Waals surface area contributed by atoms with E-state index in [4.69, 9.17) is 9.47 Å². The summed E-state index contributed by atoms with van der Waals surface area (Å²) >= 11 is 1.19. The van der Waals surface area contributed by atoms with E-state index in [2.05, 4.69) is 15.3 Å². The average Bonchev–Trinajstić information content (AvgIpc) is 3.19. The zero-order valence-electron chi connectivity index (χ0n) is 19.2. The molecule has 1 aliphatic heterocycles. The molecule has 9 heteroatoms. The summed E-state index contributed by atoms with van der Waals surface area (Å²) in [7, 11) is 3.07. The van der Waals surface area contributed by atoms with Gasteiger partial charge in [0.1, 0.15) is 11.5 Å². The van der Waals surface area contributed by atoms with Crippen LogP contribution in [0.3, 0.4) is 0 Å². The van der Waals surface area contributed by atoms with Crippen LogP contribution >= 0.6 is 11.8 Å². The third-order valence-electron chi connectivity index (χ3n) is 5.32. The number of carbonyl (C=O) groups excluding carboxylic acids is 1. The highest BCUT2D eigenvalue weighted by atomic mass is 32.2. The van der Waals surface area contributed by atoms with Gasteiger partial charge in [-0.2, -0.15) is 4.39 Å². The molecule has 0 radical (unpaired) electrons. The van der Waals surface area contributed by atoms with Crippen LogP contribution in [-0.2, 0) is 11.3 Å². The summed E-state index contributed by atoms with van der Waals surface area (Å²) in [6, 6.07) is 16.0. The summed E-state index contributed by atoms with van der Waals surface area (Å²) < 4.78 is 24.9. The molecule has 4 rings (SSSR count). The van der Waals surface area contributed by atoms with Gasteiger partial charge < -0.3 is 19.9 Å². The normalized spacial score (nSPS) is 13.4. The van der Waals surface area contributed by atoms with E-state index in [0.29, 0.717) is 45.6 Å². The van der Waals surface area contributed by atoms with Crippen LogP contribution in [0.25, 0.3) is 11.8 Å². The third kappa shape index (κ3) is 5.70. The molecule has 7 nitrogen and oxygen atoms in total. The fourth-order valence-corrected chi connectivity index (χ4v) is 4.41. The Labute approximate surface area is 206 Å². The van der Waals surface area contributed by atoms with Gasteiger partial charge in [-0.1, -0.05) is 42.1 Å². The van der Waals surface area contributed by atoms with Gasteiger partial charge in [0.15, 0.2) is 0 Å². The van der Waals surface area contributed by atoms with E-state index in [-0.39, 0.29) is 18.3 Å². The first-order valence-electron chi connectivity index (χ1n) is 10.8. The second-order valence-corrected chi connectivity index (χ2v) is 8.54. The predicted octanol–water partition coefficient (Wildman–Crippen LogP) is 4.29. The molecular formula is C26H24FN3O4S. The summed E-state index contributed by atoms with van der Waals surface area (Å²) in [5.74, 6) is 0.0682. The van der Waals surface area contributed by atoms with E-state index < -0.39 is 5.95 Å². The van der Waals surface area contributed by atoms with Gasteiger partial charge in [0.2, 0.25) is 11.9 Å². The van der Waals surface area contributed by atoms with Crippen molar-refractivity contribution in [2.45, 2.75) is 17.9 Å². The molecule has 1 aromatic heterocycles. The van der Waals surface area contributed by atoms with E-state index >= 15 is 0 Å². The second-order valence-electron chi connectivity index (χ2n) is 7.59. The zero-order chi connectivity index (χ0) is 24.8. The van der Waals surface area contributed by atoms with Crippen LogP contribution in [0.1, 0.15) is 28.8 Å². The van der Waals surface area contributed by atoms with E-state index in [1.165, 1.54) is 32.0 Å². The number of thioether (sulfide) groups is 1. The minimum absolute atomic E-state index is 0.0354. The Bertz CT molecular complexity index is 1270. The van der Waals surface area contributed by atoms with Crippen molar-refractivity contribution in [1.29, 1.82) is 0 Å². The molecule has 2 aromatic carbocycles. The van der Waals surface area contributed by atoms with Gasteiger partial charge in [0, 0.05) is 12.1 Å². The minimum Gasteiger partial charge on any atom is -0.495 e. The van der Waals surface area contributed by atoms with E-state index in [1.807, 2.05) is 30.3 Å². The van der Waals surface area contributed by atoms with Gasteiger partial charge in [-0.15, -0.1) is 0 Å². The number of hydrogen-bond donors (Lipinski definition) is 2. The number of ether oxygens (including phenoxy) is 2. The lowest BCUT2D eigenvalue weighted by Crippen LogP contribution is -2.25. The largest absolute Gasteiger partial charge is 0.495 e. The smallest absolute Gasteiger partial charge is 0.226 e. The second kappa shape index (κ2) is 11.2. The summed E-state index contributed by atoms with van der Waals surface area (Å²) in [4.78, 5) is 21.9. The highest BCUT2D eigenvalue weighted by Gasteiger charge is 2.25. The van der Waals surface area contributed by atoms with Gasteiger partial charge in [-0.3, -0.25) is 4.79 Å². The molecule has 1 amide bonds. The Morgan fingerprint density at radius 3 is 2.49 bits per heavy atom. The Balaban J connectivity index is 1.63. The number of carbonyl (C=O) groups is 1. The van der Waals surface area contributed by atoms with Gasteiger partial charge in [0.05, 0.1) is 48.6 Å². The maximum atomic E-state index is 14.0. The maximum absolute atomic E-state index is 14.0. The standard InChI is InChI=1S/C26H24FN3O4S/c1-33-21-11-17(12-22(34-2)26(21)35-15-31)10-19-18-8-9-23(27)30-25(18)20(29-19)13-24(32)28-14-16-6-4-3-5-7-16/h3-12,31H,13-15H2,1-2H3,(H,28,32)/b19-10+. The number of fused-ring (bicyclic) bond motifs is 1. The van der Waals surface area contributed by atoms with Crippen molar-refractivity contribution in [3.05, 3.63) is 82.9 Å². The van der Waals surface area contributed by atoms with Crippen LogP contribution in [0.15, 0.2) is 64.5 Å². The summed E-state index contributed by atoms with van der Waals surface area (Å²) in [6.07, 6.45) is 1.76. The van der Waals surface area contributed by atoms with Crippen LogP contribution in [0.4, 0.5) is 4.39 Å². The molecule has 0 saturated heterocycles. The van der Waals surface area contributed by atoms with E-state index in [1.54, 1.807) is 24.3 Å². The van der Waals surface area contributed by atoms with Crippen LogP contribution in [0.5, 0.6) is 11.5 Å². The lowest BCUT2D eigenvalue weighted by atomic mass is 10.1. The Kier molecular flexibility index (Phi) is 7.79. The molecule has 0 saturated carbocycles. The quantitative estimate of drug-likeness (QED) is 0.263. The van der Waals surface area contributed by atoms with Gasteiger partial charge in [-0.25, -0.2) is 9.98 Å². The monoisotopic (exact) mass is 493 g/mol. The first-order chi connectivity index (χ1) is 17.0. The number of aliphatic imine (C=N–C) groups is 1. The van der Waals surface area contributed by atoms with Gasteiger partial charge >= 0.3 is 0 Å². The Hall–Kier alpha value is -3.69. The van der Waals surface area contributed by atoms with Gasteiger partial charge in [0.25, 0.3) is 0 Å². The van der Waals surface area contributed by atoms with Crippen LogP contribution < -0.4 is 14.8 Å². The highest BCUT2D eigenvalue weighted by Crippen LogP contribution is 2.40. The van der Waals surface area contributed by atoms with Crippen LogP contribution in [0.2, 0.25) is 0 Å². The number of hydrogen-bond acceptors (Lipinski definition) is 7. The molecule has 2 heterocycles. The lowest BCUT2D eigenvalue weighted by molar-refractivity contribution is -0.120. The van der Waals surface area contributed by atoms with Gasteiger partial charge in [-0.05, 0) is 41.5 Å². The number of aromatic nitrogens is 1. The van der Waals surface area contributed by atoms with Crippen LogP contribution in [-0.4, -0.2) is 41.9 Å². The fourth-order valence-electron chi connectivity index (χ4n) is 3.71. The Morgan fingerprint density at radius 2 is 1.83 bits per heavy atom. The van der Waals surface area contributed by atoms with E-state index in [9.17, 15) is 14.3 Å². The van der Waals surface area contributed by atoms with Crippen molar-refractivity contribution in [2.75, 3.05) is 20.2 Å². The molecule has 2 N–H and O–H groups in total.